The Labute approximate surface area is 109 Å². The van der Waals surface area contributed by atoms with Gasteiger partial charge in [-0.25, -0.2) is 0 Å². The van der Waals surface area contributed by atoms with Crippen molar-refractivity contribution < 1.29 is 14.3 Å². The molecule has 0 bridgehead atoms. The third-order valence-corrected chi connectivity index (χ3v) is 2.26. The van der Waals surface area contributed by atoms with Crippen molar-refractivity contribution >= 4 is 5.97 Å². The fraction of sp³-hybridized carbons (Fsp3) is 0.833. The van der Waals surface area contributed by atoms with Crippen LogP contribution in [0.1, 0.15) is 6.42 Å². The highest BCUT2D eigenvalue weighted by Crippen LogP contribution is 1.88. The molecule has 104 valence electrons. The van der Waals surface area contributed by atoms with Gasteiger partial charge >= 0.3 is 5.97 Å². The molecule has 0 aliphatic heterocycles. The summed E-state index contributed by atoms with van der Waals surface area (Å²) in [6.07, 6.45) is -0.183. The predicted octanol–water partition coefficient (Wildman–Crippen LogP) is -0.0467. The van der Waals surface area contributed by atoms with Gasteiger partial charge in [-0.15, -0.1) is 0 Å². The van der Waals surface area contributed by atoms with Gasteiger partial charge in [0.15, 0.2) is 0 Å². The van der Waals surface area contributed by atoms with Crippen molar-refractivity contribution in [3.63, 3.8) is 0 Å². The number of nitriles is 1. The monoisotopic (exact) mass is 257 g/mol. The summed E-state index contributed by atoms with van der Waals surface area (Å²) in [6, 6.07) is 1.75. The molecule has 0 atom stereocenters. The molecule has 0 fully saturated rings. The molecule has 0 aromatic rings. The summed E-state index contributed by atoms with van der Waals surface area (Å²) in [5.74, 6) is -0.465. The topological polar surface area (TPSA) is 65.8 Å². The molecule has 0 aliphatic carbocycles. The maximum absolute atomic E-state index is 10.9. The molecule has 0 rings (SSSR count). The molecule has 0 saturated carbocycles. The zero-order valence-corrected chi connectivity index (χ0v) is 11.5. The number of nitrogens with zero attached hydrogens (tertiary/aromatic N) is 3. The van der Waals surface area contributed by atoms with Crippen LogP contribution in [-0.4, -0.2) is 76.4 Å². The molecule has 0 saturated heterocycles. The maximum Gasteiger partial charge on any atom is 0.320 e. The first-order valence-electron chi connectivity index (χ1n) is 6.00. The van der Waals surface area contributed by atoms with Gasteiger partial charge in [0.2, 0.25) is 0 Å². The molecule has 18 heavy (non-hydrogen) atoms. The zero-order valence-electron chi connectivity index (χ0n) is 11.5. The van der Waals surface area contributed by atoms with E-state index in [-0.39, 0.29) is 6.42 Å². The van der Waals surface area contributed by atoms with Crippen molar-refractivity contribution in [1.82, 2.24) is 9.80 Å². The third kappa shape index (κ3) is 11.3. The lowest BCUT2D eigenvalue weighted by atomic mass is 10.5. The van der Waals surface area contributed by atoms with E-state index in [1.807, 2.05) is 26.0 Å². The first kappa shape index (κ1) is 16.8. The molecular formula is C12H23N3O3. The molecule has 0 heterocycles. The highest BCUT2D eigenvalue weighted by molar-refractivity contribution is 5.71. The van der Waals surface area contributed by atoms with E-state index in [0.29, 0.717) is 19.8 Å². The van der Waals surface area contributed by atoms with Crippen molar-refractivity contribution in [1.29, 1.82) is 5.26 Å². The molecule has 0 aromatic carbocycles. The lowest BCUT2D eigenvalue weighted by Gasteiger charge is -2.16. The van der Waals surface area contributed by atoms with Crippen LogP contribution in [0.3, 0.4) is 0 Å². The number of rotatable bonds is 10. The summed E-state index contributed by atoms with van der Waals surface area (Å²) in [7, 11) is 5.95. The number of likely N-dealkylation sites (N-methyl/N-ethyl adjacent to an activating group) is 2. The van der Waals surface area contributed by atoms with Crippen LogP contribution >= 0.6 is 0 Å². The molecule has 0 unspecified atom stereocenters. The van der Waals surface area contributed by atoms with Crippen molar-refractivity contribution in [2.75, 3.05) is 60.6 Å². The van der Waals surface area contributed by atoms with Crippen LogP contribution in [0.4, 0.5) is 0 Å². The standard InChI is InChI=1S/C12H23N3O3/c1-14(2)6-9-17-10-7-15(3)8-11-18-12(16)4-5-13/h4,6-11H2,1-3H3. The van der Waals surface area contributed by atoms with E-state index in [0.717, 1.165) is 19.7 Å². The summed E-state index contributed by atoms with van der Waals surface area (Å²) in [5.41, 5.74) is 0. The smallest absolute Gasteiger partial charge is 0.320 e. The number of hydrogen-bond donors (Lipinski definition) is 0. The van der Waals surface area contributed by atoms with E-state index in [4.69, 9.17) is 14.7 Å². The van der Waals surface area contributed by atoms with Gasteiger partial charge in [0, 0.05) is 19.6 Å². The van der Waals surface area contributed by atoms with Gasteiger partial charge in [-0.3, -0.25) is 4.79 Å². The molecule has 0 aliphatic rings. The summed E-state index contributed by atoms with van der Waals surface area (Å²) < 4.78 is 10.3. The number of ether oxygens (including phenoxy) is 2. The summed E-state index contributed by atoms with van der Waals surface area (Å²) in [4.78, 5) is 15.0. The SMILES string of the molecule is CN(C)CCOCCN(C)CCOC(=O)CC#N. The maximum atomic E-state index is 10.9. The second-order valence-electron chi connectivity index (χ2n) is 4.27. The zero-order chi connectivity index (χ0) is 13.8. The second-order valence-corrected chi connectivity index (χ2v) is 4.27. The van der Waals surface area contributed by atoms with Crippen molar-refractivity contribution in [2.24, 2.45) is 0 Å². The molecule has 0 aromatic heterocycles. The minimum Gasteiger partial charge on any atom is -0.464 e. The third-order valence-electron chi connectivity index (χ3n) is 2.26. The quantitative estimate of drug-likeness (QED) is 0.404. The fourth-order valence-electron chi connectivity index (χ4n) is 1.11. The molecule has 0 radical (unpaired) electrons. The van der Waals surface area contributed by atoms with Crippen LogP contribution in [0.15, 0.2) is 0 Å². The Hall–Kier alpha value is -1.16. The lowest BCUT2D eigenvalue weighted by Crippen LogP contribution is -2.28. The van der Waals surface area contributed by atoms with Crippen molar-refractivity contribution in [3.05, 3.63) is 0 Å². The Morgan fingerprint density at radius 2 is 1.72 bits per heavy atom. The summed E-state index contributed by atoms with van der Waals surface area (Å²) in [5, 5.41) is 8.27. The minimum absolute atomic E-state index is 0.183. The summed E-state index contributed by atoms with van der Waals surface area (Å²) in [6.45, 7) is 4.05. The van der Waals surface area contributed by atoms with Gasteiger partial charge in [0.05, 0.1) is 19.3 Å². The number of esters is 1. The van der Waals surface area contributed by atoms with E-state index in [2.05, 4.69) is 4.90 Å². The molecule has 6 heteroatoms. The average Bonchev–Trinajstić information content (AvgIpc) is 2.28. The van der Waals surface area contributed by atoms with Gasteiger partial charge in [0.1, 0.15) is 13.0 Å². The minimum atomic E-state index is -0.465. The number of carbonyl (C=O) groups is 1. The van der Waals surface area contributed by atoms with Gasteiger partial charge < -0.3 is 19.3 Å². The Bertz CT molecular complexity index is 264. The highest BCUT2D eigenvalue weighted by atomic mass is 16.5. The molecular weight excluding hydrogens is 234 g/mol. The normalized spacial score (nSPS) is 10.7. The van der Waals surface area contributed by atoms with Gasteiger partial charge in [-0.05, 0) is 21.1 Å². The largest absolute Gasteiger partial charge is 0.464 e. The Balaban J connectivity index is 3.35. The van der Waals surface area contributed by atoms with Gasteiger partial charge in [-0.2, -0.15) is 5.26 Å². The molecule has 0 amide bonds. The van der Waals surface area contributed by atoms with Gasteiger partial charge in [0.25, 0.3) is 0 Å². The van der Waals surface area contributed by atoms with Crippen LogP contribution in [0.5, 0.6) is 0 Å². The second kappa shape index (κ2) is 11.0. The number of carbonyl (C=O) groups excluding carboxylic acids is 1. The van der Waals surface area contributed by atoms with E-state index in [1.165, 1.54) is 0 Å². The van der Waals surface area contributed by atoms with E-state index < -0.39 is 5.97 Å². The van der Waals surface area contributed by atoms with Crippen LogP contribution in [-0.2, 0) is 14.3 Å². The van der Waals surface area contributed by atoms with E-state index in [9.17, 15) is 4.79 Å². The van der Waals surface area contributed by atoms with Crippen LogP contribution in [0.25, 0.3) is 0 Å². The highest BCUT2D eigenvalue weighted by Gasteiger charge is 2.03. The first-order chi connectivity index (χ1) is 8.56. The van der Waals surface area contributed by atoms with Crippen LogP contribution in [0, 0.1) is 11.3 Å². The van der Waals surface area contributed by atoms with Crippen LogP contribution in [0.2, 0.25) is 0 Å². The first-order valence-corrected chi connectivity index (χ1v) is 6.00. The number of hydrogen-bond acceptors (Lipinski definition) is 6. The fourth-order valence-corrected chi connectivity index (χ4v) is 1.11. The average molecular weight is 257 g/mol. The van der Waals surface area contributed by atoms with Gasteiger partial charge in [-0.1, -0.05) is 0 Å². The molecule has 0 spiro atoms. The van der Waals surface area contributed by atoms with Crippen molar-refractivity contribution in [3.8, 4) is 6.07 Å². The van der Waals surface area contributed by atoms with E-state index in [1.54, 1.807) is 6.07 Å². The Morgan fingerprint density at radius 3 is 2.33 bits per heavy atom. The lowest BCUT2D eigenvalue weighted by molar-refractivity contribution is -0.142. The summed E-state index contributed by atoms with van der Waals surface area (Å²) >= 11 is 0. The van der Waals surface area contributed by atoms with Crippen LogP contribution < -0.4 is 0 Å². The van der Waals surface area contributed by atoms with Crippen molar-refractivity contribution in [2.45, 2.75) is 6.42 Å². The molecule has 6 nitrogen and oxygen atoms in total. The van der Waals surface area contributed by atoms with E-state index >= 15 is 0 Å². The Kier molecular flexibility index (Phi) is 10.3. The Morgan fingerprint density at radius 1 is 1.11 bits per heavy atom. The predicted molar refractivity (Wildman–Crippen MR) is 68.1 cm³/mol. The molecule has 0 N–H and O–H groups in total.